The van der Waals surface area contributed by atoms with E-state index in [0.29, 0.717) is 0 Å². The zero-order valence-corrected chi connectivity index (χ0v) is 6.60. The first-order valence-electron chi connectivity index (χ1n) is 2.15. The quantitative estimate of drug-likeness (QED) is 0.407. The molecule has 0 fully saturated rings. The number of rotatable bonds is 0. The monoisotopic (exact) mass is 171 g/mol. The van der Waals surface area contributed by atoms with Gasteiger partial charge in [-0.3, -0.25) is 0 Å². The average molecular weight is 172 g/mol. The molecule has 0 bridgehead atoms. The van der Waals surface area contributed by atoms with E-state index in [0.717, 1.165) is 13.0 Å². The third kappa shape index (κ3) is 2.82. The van der Waals surface area contributed by atoms with Crippen molar-refractivity contribution in [1.29, 1.82) is 0 Å². The first kappa shape index (κ1) is 8.63. The van der Waals surface area contributed by atoms with Crippen LogP contribution in [0.15, 0.2) is 11.5 Å². The van der Waals surface area contributed by atoms with E-state index >= 15 is 0 Å². The van der Waals surface area contributed by atoms with Crippen molar-refractivity contribution in [3.05, 3.63) is 11.5 Å². The second-order valence-electron chi connectivity index (χ2n) is 1.31. The average Bonchev–Trinajstić information content (AvgIpc) is 1.69. The zero-order valence-electron chi connectivity index (χ0n) is 4.21. The predicted molar refractivity (Wildman–Crippen MR) is 41.2 cm³/mol. The Morgan fingerprint density at radius 1 is 1.62 bits per heavy atom. The van der Waals surface area contributed by atoms with E-state index in [1.165, 1.54) is 11.9 Å². The summed E-state index contributed by atoms with van der Waals surface area (Å²) < 4.78 is 1.69. The lowest BCUT2D eigenvalue weighted by Gasteiger charge is -2.10. The van der Waals surface area contributed by atoms with Gasteiger partial charge < -0.3 is 0 Å². The van der Waals surface area contributed by atoms with Gasteiger partial charge in [-0.1, -0.05) is 6.08 Å². The first-order chi connectivity index (χ1) is 3.39. The fourth-order valence-electron chi connectivity index (χ4n) is 0.406. The molecule has 1 rings (SSSR count). The molecule has 1 aliphatic rings. The summed E-state index contributed by atoms with van der Waals surface area (Å²) in [6, 6.07) is 0. The summed E-state index contributed by atoms with van der Waals surface area (Å²) in [5.41, 5.74) is 0. The fraction of sp³-hybridized carbons (Fsp3) is 0.500. The van der Waals surface area contributed by atoms with Gasteiger partial charge in [0.15, 0.2) is 0 Å². The van der Waals surface area contributed by atoms with Crippen LogP contribution in [0.4, 0.5) is 0 Å². The van der Waals surface area contributed by atoms with Gasteiger partial charge in [0.2, 0.25) is 0 Å². The minimum atomic E-state index is 0. The standard InChI is InChI=1S/C4H6ClNS.ClH/c5-6-3-1-2-4-7-6;/h2,4H,1,3H2;1H. The largest absolute Gasteiger partial charge is 0.159 e. The Morgan fingerprint density at radius 2 is 2.38 bits per heavy atom. The van der Waals surface area contributed by atoms with Crippen molar-refractivity contribution in [2.75, 3.05) is 6.54 Å². The molecule has 0 unspecified atom stereocenters. The van der Waals surface area contributed by atoms with Gasteiger partial charge in [-0.05, 0) is 35.6 Å². The molecule has 0 aromatic heterocycles. The lowest BCUT2D eigenvalue weighted by atomic mass is 10.4. The molecule has 0 aliphatic carbocycles. The molecule has 1 aliphatic heterocycles. The third-order valence-electron chi connectivity index (χ3n) is 0.743. The lowest BCUT2D eigenvalue weighted by molar-refractivity contribution is 0.718. The topological polar surface area (TPSA) is 3.24 Å². The van der Waals surface area contributed by atoms with Gasteiger partial charge in [-0.25, -0.2) is 0 Å². The van der Waals surface area contributed by atoms with E-state index in [9.17, 15) is 0 Å². The maximum Gasteiger partial charge on any atom is 0.0291 e. The second-order valence-corrected chi connectivity index (χ2v) is 2.84. The summed E-state index contributed by atoms with van der Waals surface area (Å²) in [7, 11) is 0. The molecule has 0 saturated carbocycles. The SMILES string of the molecule is Cl.ClN1CCC=CS1. The van der Waals surface area contributed by atoms with Crippen molar-refractivity contribution in [2.45, 2.75) is 6.42 Å². The summed E-state index contributed by atoms with van der Waals surface area (Å²) in [6.45, 7) is 0.961. The van der Waals surface area contributed by atoms with Crippen molar-refractivity contribution >= 4 is 36.1 Å². The fourth-order valence-corrected chi connectivity index (χ4v) is 1.21. The molecule has 1 heterocycles. The van der Waals surface area contributed by atoms with Gasteiger partial charge in [-0.15, -0.1) is 12.4 Å². The second kappa shape index (κ2) is 4.50. The Labute approximate surface area is 64.7 Å². The van der Waals surface area contributed by atoms with Crippen LogP contribution in [0.5, 0.6) is 0 Å². The number of halogens is 2. The summed E-state index contributed by atoms with van der Waals surface area (Å²) in [5, 5.41) is 2.00. The molecule has 0 amide bonds. The molecule has 48 valence electrons. The molecule has 0 spiro atoms. The highest BCUT2D eigenvalue weighted by Gasteiger charge is 1.99. The van der Waals surface area contributed by atoms with E-state index in [4.69, 9.17) is 11.8 Å². The summed E-state index contributed by atoms with van der Waals surface area (Å²) in [5.74, 6) is 0. The van der Waals surface area contributed by atoms with Gasteiger partial charge >= 0.3 is 0 Å². The Kier molecular flexibility index (Phi) is 4.86. The summed E-state index contributed by atoms with van der Waals surface area (Å²) in [4.78, 5) is 0. The van der Waals surface area contributed by atoms with Gasteiger partial charge in [0.25, 0.3) is 0 Å². The molecule has 0 N–H and O–H groups in total. The Balaban J connectivity index is 0.000000490. The minimum Gasteiger partial charge on any atom is -0.159 e. The minimum absolute atomic E-state index is 0. The van der Waals surface area contributed by atoms with Crippen LogP contribution in [-0.4, -0.2) is 10.4 Å². The molecular weight excluding hydrogens is 165 g/mol. The molecular formula is C4H7Cl2NS. The first-order valence-corrected chi connectivity index (χ1v) is 3.32. The van der Waals surface area contributed by atoms with Crippen LogP contribution in [-0.2, 0) is 0 Å². The number of hydrogen-bond acceptors (Lipinski definition) is 2. The van der Waals surface area contributed by atoms with Crippen LogP contribution < -0.4 is 0 Å². The van der Waals surface area contributed by atoms with Crippen molar-refractivity contribution in [1.82, 2.24) is 3.82 Å². The molecule has 1 nitrogen and oxygen atoms in total. The van der Waals surface area contributed by atoms with Gasteiger partial charge in [0.1, 0.15) is 0 Å². The van der Waals surface area contributed by atoms with Crippen LogP contribution in [0.1, 0.15) is 6.42 Å². The molecule has 0 atom stereocenters. The highest BCUT2D eigenvalue weighted by Crippen LogP contribution is 2.18. The molecule has 4 heteroatoms. The normalized spacial score (nSPS) is 20.1. The molecule has 0 aromatic rings. The maximum absolute atomic E-state index is 5.56. The number of nitrogens with zero attached hydrogens (tertiary/aromatic N) is 1. The van der Waals surface area contributed by atoms with E-state index in [1.54, 1.807) is 3.82 Å². The Morgan fingerprint density at radius 3 is 2.62 bits per heavy atom. The van der Waals surface area contributed by atoms with Gasteiger partial charge in [-0.2, -0.15) is 3.82 Å². The van der Waals surface area contributed by atoms with Crippen LogP contribution in [0, 0.1) is 0 Å². The Hall–Kier alpha value is 0.630. The van der Waals surface area contributed by atoms with E-state index in [1.807, 2.05) is 5.41 Å². The van der Waals surface area contributed by atoms with Crippen molar-refractivity contribution in [3.63, 3.8) is 0 Å². The highest BCUT2D eigenvalue weighted by atomic mass is 35.5. The van der Waals surface area contributed by atoms with E-state index in [2.05, 4.69) is 6.08 Å². The highest BCUT2D eigenvalue weighted by molar-refractivity contribution is 8.00. The molecule has 8 heavy (non-hydrogen) atoms. The molecule has 0 saturated heterocycles. The smallest absolute Gasteiger partial charge is 0.0291 e. The molecule has 0 radical (unpaired) electrons. The number of hydrogen-bond donors (Lipinski definition) is 0. The van der Waals surface area contributed by atoms with Gasteiger partial charge in [0, 0.05) is 6.54 Å². The predicted octanol–water partition coefficient (Wildman–Crippen LogP) is 2.43. The van der Waals surface area contributed by atoms with Crippen molar-refractivity contribution in [3.8, 4) is 0 Å². The molecule has 0 aromatic carbocycles. The van der Waals surface area contributed by atoms with E-state index < -0.39 is 0 Å². The lowest BCUT2D eigenvalue weighted by Crippen LogP contribution is -2.04. The van der Waals surface area contributed by atoms with Gasteiger partial charge in [0.05, 0.1) is 0 Å². The zero-order chi connectivity index (χ0) is 5.11. The summed E-state index contributed by atoms with van der Waals surface area (Å²) in [6.07, 6.45) is 3.19. The van der Waals surface area contributed by atoms with Crippen LogP contribution in [0.3, 0.4) is 0 Å². The Bertz CT molecular complexity index is 86.1. The van der Waals surface area contributed by atoms with Crippen LogP contribution >= 0.6 is 36.1 Å². The third-order valence-corrected chi connectivity index (χ3v) is 1.88. The van der Waals surface area contributed by atoms with E-state index in [-0.39, 0.29) is 12.4 Å². The van der Waals surface area contributed by atoms with Crippen molar-refractivity contribution < 1.29 is 0 Å². The van der Waals surface area contributed by atoms with Crippen LogP contribution in [0.25, 0.3) is 0 Å². The maximum atomic E-state index is 5.56. The summed E-state index contributed by atoms with van der Waals surface area (Å²) >= 11 is 7.10. The van der Waals surface area contributed by atoms with Crippen LogP contribution in [0.2, 0.25) is 0 Å². The van der Waals surface area contributed by atoms with Crippen molar-refractivity contribution in [2.24, 2.45) is 0 Å².